The van der Waals surface area contributed by atoms with Crippen molar-refractivity contribution in [2.45, 2.75) is 16.1 Å². The summed E-state index contributed by atoms with van der Waals surface area (Å²) < 4.78 is 37.3. The van der Waals surface area contributed by atoms with Gasteiger partial charge in [-0.2, -0.15) is 13.2 Å². The average molecular weight is 481 g/mol. The Labute approximate surface area is 177 Å². The summed E-state index contributed by atoms with van der Waals surface area (Å²) in [7, 11) is 0. The summed E-state index contributed by atoms with van der Waals surface area (Å²) in [6.45, 7) is 0. The molecule has 2 aromatic carbocycles. The van der Waals surface area contributed by atoms with Crippen molar-refractivity contribution in [1.29, 1.82) is 0 Å². The van der Waals surface area contributed by atoms with E-state index in [1.165, 1.54) is 30.3 Å². The minimum Gasteiger partial charge on any atom is -0.361 e. The SMILES string of the molecule is O=C(NC(Nc1ccccc1C(F)(F)F)C(Cl)(Cl)Cl)c1ccc(Cl)c(Cl)c1. The third kappa shape index (κ3) is 5.96. The molecule has 0 fully saturated rings. The van der Waals surface area contributed by atoms with Gasteiger partial charge < -0.3 is 10.6 Å². The Morgan fingerprint density at radius 1 is 0.963 bits per heavy atom. The Bertz CT molecular complexity index is 840. The summed E-state index contributed by atoms with van der Waals surface area (Å²) in [5.74, 6) is -0.734. The first-order chi connectivity index (χ1) is 12.4. The quantitative estimate of drug-likeness (QED) is 0.385. The summed E-state index contributed by atoms with van der Waals surface area (Å²) in [5, 5.41) is 5.09. The molecule has 0 aliphatic heterocycles. The van der Waals surface area contributed by atoms with Crippen LogP contribution in [0.25, 0.3) is 0 Å². The lowest BCUT2D eigenvalue weighted by Gasteiger charge is -2.28. The van der Waals surface area contributed by atoms with E-state index in [4.69, 9.17) is 58.0 Å². The number of rotatable bonds is 4. The van der Waals surface area contributed by atoms with Crippen molar-refractivity contribution in [3.63, 3.8) is 0 Å². The van der Waals surface area contributed by atoms with Crippen LogP contribution in [0.2, 0.25) is 10.0 Å². The molecule has 0 saturated carbocycles. The zero-order valence-corrected chi connectivity index (χ0v) is 16.8. The third-order valence-electron chi connectivity index (χ3n) is 3.32. The Hall–Kier alpha value is -1.05. The van der Waals surface area contributed by atoms with Crippen molar-refractivity contribution < 1.29 is 18.0 Å². The van der Waals surface area contributed by atoms with Gasteiger partial charge in [-0.1, -0.05) is 70.1 Å². The molecule has 2 aromatic rings. The van der Waals surface area contributed by atoms with Crippen LogP contribution in [0.5, 0.6) is 0 Å². The van der Waals surface area contributed by atoms with E-state index in [0.29, 0.717) is 0 Å². The predicted molar refractivity (Wildman–Crippen MR) is 103 cm³/mol. The number of para-hydroxylation sites is 1. The molecule has 1 atom stereocenters. The molecular weight excluding hydrogens is 470 g/mol. The molecule has 0 saturated heterocycles. The fourth-order valence-corrected chi connectivity index (χ4v) is 2.69. The molecule has 2 rings (SSSR count). The fourth-order valence-electron chi connectivity index (χ4n) is 2.06. The van der Waals surface area contributed by atoms with E-state index < -0.39 is 27.6 Å². The number of nitrogens with one attached hydrogen (secondary N) is 2. The molecular formula is C16H10Cl5F3N2O. The summed E-state index contributed by atoms with van der Waals surface area (Å²) in [6, 6.07) is 8.62. The van der Waals surface area contributed by atoms with E-state index in [2.05, 4.69) is 10.6 Å². The van der Waals surface area contributed by atoms with Gasteiger partial charge in [0.1, 0.15) is 6.17 Å². The van der Waals surface area contributed by atoms with Crippen LogP contribution >= 0.6 is 58.0 Å². The van der Waals surface area contributed by atoms with Crippen LogP contribution in [0.4, 0.5) is 18.9 Å². The fraction of sp³-hybridized carbons (Fsp3) is 0.188. The Kier molecular flexibility index (Phi) is 7.03. The number of hydrogen-bond donors (Lipinski definition) is 2. The van der Waals surface area contributed by atoms with Crippen molar-refractivity contribution >= 4 is 69.6 Å². The molecule has 0 radical (unpaired) electrons. The van der Waals surface area contributed by atoms with Gasteiger partial charge in [-0.05, 0) is 30.3 Å². The average Bonchev–Trinajstić information content (AvgIpc) is 2.55. The van der Waals surface area contributed by atoms with Gasteiger partial charge in [-0.3, -0.25) is 4.79 Å². The van der Waals surface area contributed by atoms with Crippen molar-refractivity contribution in [2.24, 2.45) is 0 Å². The number of halogens is 8. The van der Waals surface area contributed by atoms with E-state index in [1.807, 2.05) is 0 Å². The summed E-state index contributed by atoms with van der Waals surface area (Å²) >= 11 is 29.1. The number of benzene rings is 2. The first-order valence-electron chi connectivity index (χ1n) is 7.15. The zero-order chi connectivity index (χ0) is 20.4. The van der Waals surface area contributed by atoms with Crippen LogP contribution in [0.1, 0.15) is 15.9 Å². The molecule has 1 unspecified atom stereocenters. The van der Waals surface area contributed by atoms with E-state index >= 15 is 0 Å². The maximum absolute atomic E-state index is 13.2. The van der Waals surface area contributed by atoms with Crippen molar-refractivity contribution in [1.82, 2.24) is 5.32 Å². The molecule has 1 amide bonds. The molecule has 0 aliphatic carbocycles. The maximum Gasteiger partial charge on any atom is 0.418 e. The molecule has 3 nitrogen and oxygen atoms in total. The molecule has 0 heterocycles. The smallest absolute Gasteiger partial charge is 0.361 e. The molecule has 0 aromatic heterocycles. The number of carbonyl (C=O) groups excluding carboxylic acids is 1. The number of hydrogen-bond acceptors (Lipinski definition) is 2. The van der Waals surface area contributed by atoms with Gasteiger partial charge in [0.25, 0.3) is 5.91 Å². The first kappa shape index (κ1) is 22.2. The number of anilines is 1. The topological polar surface area (TPSA) is 41.1 Å². The highest BCUT2D eigenvalue weighted by Crippen LogP contribution is 2.37. The largest absolute Gasteiger partial charge is 0.418 e. The lowest BCUT2D eigenvalue weighted by atomic mass is 10.1. The Morgan fingerprint density at radius 3 is 2.15 bits per heavy atom. The maximum atomic E-state index is 13.2. The third-order valence-corrected chi connectivity index (χ3v) is 4.71. The molecule has 0 aliphatic rings. The van der Waals surface area contributed by atoms with Crippen LogP contribution in [-0.2, 0) is 6.18 Å². The van der Waals surface area contributed by atoms with Gasteiger partial charge in [0.05, 0.1) is 15.6 Å². The van der Waals surface area contributed by atoms with Gasteiger partial charge in [-0.15, -0.1) is 0 Å². The van der Waals surface area contributed by atoms with Crippen LogP contribution in [-0.4, -0.2) is 15.9 Å². The van der Waals surface area contributed by atoms with E-state index in [1.54, 1.807) is 0 Å². The van der Waals surface area contributed by atoms with Crippen molar-refractivity contribution in [3.05, 3.63) is 63.6 Å². The number of amides is 1. The lowest BCUT2D eigenvalue weighted by molar-refractivity contribution is -0.137. The summed E-state index contributed by atoms with van der Waals surface area (Å²) in [6.07, 6.45) is -6.12. The molecule has 11 heteroatoms. The highest BCUT2D eigenvalue weighted by atomic mass is 35.6. The van der Waals surface area contributed by atoms with Crippen LogP contribution in [0.15, 0.2) is 42.5 Å². The summed E-state index contributed by atoms with van der Waals surface area (Å²) in [5.41, 5.74) is -1.27. The van der Waals surface area contributed by atoms with E-state index in [-0.39, 0.29) is 21.3 Å². The zero-order valence-electron chi connectivity index (χ0n) is 13.1. The monoisotopic (exact) mass is 478 g/mol. The number of alkyl halides is 6. The summed E-state index contributed by atoms with van der Waals surface area (Å²) in [4.78, 5) is 12.4. The highest BCUT2D eigenvalue weighted by Gasteiger charge is 2.38. The van der Waals surface area contributed by atoms with Crippen molar-refractivity contribution in [3.8, 4) is 0 Å². The molecule has 0 bridgehead atoms. The second kappa shape index (κ2) is 8.53. The minimum atomic E-state index is -4.64. The Balaban J connectivity index is 2.30. The van der Waals surface area contributed by atoms with Gasteiger partial charge in [0.2, 0.25) is 3.79 Å². The van der Waals surface area contributed by atoms with Crippen LogP contribution in [0, 0.1) is 0 Å². The van der Waals surface area contributed by atoms with Gasteiger partial charge >= 0.3 is 6.18 Å². The van der Waals surface area contributed by atoms with E-state index in [0.717, 1.165) is 12.1 Å². The molecule has 146 valence electrons. The van der Waals surface area contributed by atoms with Crippen LogP contribution in [0.3, 0.4) is 0 Å². The van der Waals surface area contributed by atoms with Crippen LogP contribution < -0.4 is 10.6 Å². The molecule has 27 heavy (non-hydrogen) atoms. The second-order valence-corrected chi connectivity index (χ2v) is 8.45. The highest BCUT2D eigenvalue weighted by molar-refractivity contribution is 6.68. The van der Waals surface area contributed by atoms with Gasteiger partial charge in [-0.25, -0.2) is 0 Å². The number of carbonyl (C=O) groups is 1. The first-order valence-corrected chi connectivity index (χ1v) is 9.04. The predicted octanol–water partition coefficient (Wildman–Crippen LogP) is 6.55. The minimum absolute atomic E-state index is 0.0783. The van der Waals surface area contributed by atoms with Gasteiger partial charge in [0.15, 0.2) is 0 Å². The van der Waals surface area contributed by atoms with Crippen molar-refractivity contribution in [2.75, 3.05) is 5.32 Å². The lowest BCUT2D eigenvalue weighted by Crippen LogP contribution is -2.49. The molecule has 0 spiro atoms. The molecule has 2 N–H and O–H groups in total. The standard InChI is InChI=1S/C16H10Cl5F3N2O/c17-10-6-5-8(7-11(10)18)13(27)26-14(15(19,20)21)25-12-4-2-1-3-9(12)16(22,23)24/h1-7,14,25H,(H,26,27). The second-order valence-electron chi connectivity index (χ2n) is 5.26. The normalized spacial score (nSPS) is 13.2. The van der Waals surface area contributed by atoms with Gasteiger partial charge in [0, 0.05) is 11.3 Å². The van der Waals surface area contributed by atoms with E-state index in [9.17, 15) is 18.0 Å². The Morgan fingerprint density at radius 2 is 1.59 bits per heavy atom.